The predicted molar refractivity (Wildman–Crippen MR) is 159 cm³/mol. The Morgan fingerprint density at radius 1 is 0.976 bits per heavy atom. The Kier molecular flexibility index (Phi) is 8.72. The summed E-state index contributed by atoms with van der Waals surface area (Å²) in [6.07, 6.45) is 0.683. The molecule has 3 N–H and O–H groups in total. The molecule has 3 aromatic carbocycles. The number of hydrogen-bond donors (Lipinski definition) is 2. The van der Waals surface area contributed by atoms with E-state index in [2.05, 4.69) is 5.32 Å². The van der Waals surface area contributed by atoms with Crippen molar-refractivity contribution in [2.75, 3.05) is 33.8 Å². The molecule has 0 saturated carbocycles. The van der Waals surface area contributed by atoms with Crippen molar-refractivity contribution in [3.63, 3.8) is 0 Å². The fourth-order valence-electron chi connectivity index (χ4n) is 5.64. The van der Waals surface area contributed by atoms with Gasteiger partial charge in [0.15, 0.2) is 0 Å². The number of ether oxygens (including phenoxy) is 1. The van der Waals surface area contributed by atoms with Crippen LogP contribution in [0.15, 0.2) is 66.7 Å². The van der Waals surface area contributed by atoms with E-state index >= 15 is 0 Å². The van der Waals surface area contributed by atoms with E-state index in [0.29, 0.717) is 24.3 Å². The average Bonchev–Trinajstić information content (AvgIpc) is 3.38. The van der Waals surface area contributed by atoms with Crippen molar-refractivity contribution in [2.24, 2.45) is 5.73 Å². The van der Waals surface area contributed by atoms with Gasteiger partial charge in [-0.25, -0.2) is 0 Å². The summed E-state index contributed by atoms with van der Waals surface area (Å²) in [5.41, 5.74) is 7.47. The minimum atomic E-state index is -0.904. The van der Waals surface area contributed by atoms with Crippen molar-refractivity contribution >= 4 is 34.4 Å². The van der Waals surface area contributed by atoms with Crippen LogP contribution in [0.2, 0.25) is 0 Å². The van der Waals surface area contributed by atoms with Gasteiger partial charge in [-0.3, -0.25) is 19.2 Å². The van der Waals surface area contributed by atoms with E-state index in [1.807, 2.05) is 42.5 Å². The molecule has 10 heteroatoms. The molecule has 1 saturated heterocycles. The van der Waals surface area contributed by atoms with Gasteiger partial charge >= 0.3 is 0 Å². The maximum atomic E-state index is 13.5. The van der Waals surface area contributed by atoms with Crippen LogP contribution in [0.1, 0.15) is 35.2 Å². The fraction of sp³-hybridized carbons (Fsp3) is 0.375. The molecule has 3 aliphatic rings. The lowest BCUT2D eigenvalue weighted by molar-refractivity contribution is -0.140. The van der Waals surface area contributed by atoms with E-state index in [0.717, 1.165) is 16.3 Å². The van der Waals surface area contributed by atoms with Crippen molar-refractivity contribution in [3.05, 3.63) is 77.9 Å². The number of likely N-dealkylation sites (N-methyl/N-ethyl adjacent to an activating group) is 2. The largest absolute Gasteiger partial charge is 0.491 e. The number of carbonyl (C=O) groups excluding carboxylic acids is 4. The van der Waals surface area contributed by atoms with Gasteiger partial charge in [-0.05, 0) is 59.5 Å². The van der Waals surface area contributed by atoms with Gasteiger partial charge in [0.1, 0.15) is 18.4 Å². The number of carbonyl (C=O) groups is 4. The standard InChI is InChI=1S/C32H37N5O5/c1-35-19-30(39)37-18-25(33)16-26(37)20-42-27-11-9-23(10-12-27)32(41)36(2)28(13-14-29(35)38)31(40)34-17-21-7-8-22-5-3-4-6-24(22)15-21/h3-12,15,25-26,28H,13-14,16-20,33H2,1-2H3,(H,34,40)/t25-,26+,28+/m1/s1. The van der Waals surface area contributed by atoms with Crippen LogP contribution in [0.4, 0.5) is 0 Å². The second-order valence-corrected chi connectivity index (χ2v) is 11.2. The minimum Gasteiger partial charge on any atom is -0.491 e. The topological polar surface area (TPSA) is 125 Å². The van der Waals surface area contributed by atoms with E-state index in [1.54, 1.807) is 43.3 Å². The molecule has 1 fully saturated rings. The predicted octanol–water partition coefficient (Wildman–Crippen LogP) is 2.16. The van der Waals surface area contributed by atoms with Gasteiger partial charge in [-0.1, -0.05) is 36.4 Å². The van der Waals surface area contributed by atoms with Crippen molar-refractivity contribution in [3.8, 4) is 5.75 Å². The van der Waals surface area contributed by atoms with Crippen LogP contribution in [-0.2, 0) is 20.9 Å². The average molecular weight is 572 g/mol. The Bertz CT molecular complexity index is 1480. The summed E-state index contributed by atoms with van der Waals surface area (Å²) in [6, 6.07) is 19.4. The Labute approximate surface area is 245 Å². The highest BCUT2D eigenvalue weighted by molar-refractivity contribution is 5.97. The van der Waals surface area contributed by atoms with Crippen molar-refractivity contribution < 1.29 is 23.9 Å². The van der Waals surface area contributed by atoms with Gasteiger partial charge in [-0.15, -0.1) is 0 Å². The molecular formula is C32H37N5O5. The molecule has 10 nitrogen and oxygen atoms in total. The first-order valence-electron chi connectivity index (χ1n) is 14.2. The summed E-state index contributed by atoms with van der Waals surface area (Å²) >= 11 is 0. The highest BCUT2D eigenvalue weighted by Gasteiger charge is 2.35. The summed E-state index contributed by atoms with van der Waals surface area (Å²) in [5.74, 6) is -0.647. The first-order chi connectivity index (χ1) is 20.2. The highest BCUT2D eigenvalue weighted by Crippen LogP contribution is 2.22. The van der Waals surface area contributed by atoms with Crippen LogP contribution in [0.3, 0.4) is 0 Å². The normalized spacial score (nSPS) is 22.2. The molecule has 220 valence electrons. The zero-order valence-electron chi connectivity index (χ0n) is 24.0. The molecule has 42 heavy (non-hydrogen) atoms. The zero-order chi connectivity index (χ0) is 29.8. The van der Waals surface area contributed by atoms with Gasteiger partial charge in [0.05, 0.1) is 12.6 Å². The number of nitrogens with zero attached hydrogens (tertiary/aromatic N) is 3. The third-order valence-electron chi connectivity index (χ3n) is 8.11. The van der Waals surface area contributed by atoms with Crippen LogP contribution in [0.25, 0.3) is 10.8 Å². The molecule has 3 atom stereocenters. The molecule has 3 aliphatic heterocycles. The molecule has 4 amide bonds. The summed E-state index contributed by atoms with van der Waals surface area (Å²) in [5, 5.41) is 5.12. The van der Waals surface area contributed by atoms with E-state index in [4.69, 9.17) is 10.5 Å². The van der Waals surface area contributed by atoms with Gasteiger partial charge < -0.3 is 30.5 Å². The quantitative estimate of drug-likeness (QED) is 0.497. The second-order valence-electron chi connectivity index (χ2n) is 11.2. The lowest BCUT2D eigenvalue weighted by Gasteiger charge is -2.29. The van der Waals surface area contributed by atoms with Gasteiger partial charge in [0.25, 0.3) is 5.91 Å². The van der Waals surface area contributed by atoms with Crippen LogP contribution in [-0.4, -0.2) is 90.2 Å². The third kappa shape index (κ3) is 6.54. The number of amides is 4. The second kappa shape index (κ2) is 12.6. The monoisotopic (exact) mass is 571 g/mol. The van der Waals surface area contributed by atoms with Crippen LogP contribution >= 0.6 is 0 Å². The van der Waals surface area contributed by atoms with Gasteiger partial charge in [-0.2, -0.15) is 0 Å². The summed E-state index contributed by atoms with van der Waals surface area (Å²) < 4.78 is 5.95. The first-order valence-corrected chi connectivity index (χ1v) is 14.2. The Balaban J connectivity index is 1.35. The molecule has 0 aliphatic carbocycles. The number of nitrogens with two attached hydrogens (primary N) is 1. The smallest absolute Gasteiger partial charge is 0.254 e. The maximum absolute atomic E-state index is 13.5. The van der Waals surface area contributed by atoms with Gasteiger partial charge in [0.2, 0.25) is 17.7 Å². The molecule has 6 rings (SSSR count). The lowest BCUT2D eigenvalue weighted by Crippen LogP contribution is -2.48. The Morgan fingerprint density at radius 3 is 2.48 bits per heavy atom. The van der Waals surface area contributed by atoms with E-state index in [1.165, 1.54) is 9.80 Å². The molecular weight excluding hydrogens is 534 g/mol. The summed E-state index contributed by atoms with van der Waals surface area (Å²) in [6.45, 7) is 0.815. The molecule has 0 unspecified atom stereocenters. The molecule has 2 bridgehead atoms. The van der Waals surface area contributed by atoms with E-state index < -0.39 is 6.04 Å². The molecule has 3 aromatic rings. The van der Waals surface area contributed by atoms with Crippen LogP contribution in [0.5, 0.6) is 5.75 Å². The molecule has 3 heterocycles. The number of nitrogens with one attached hydrogen (secondary N) is 1. The Morgan fingerprint density at radius 2 is 1.71 bits per heavy atom. The van der Waals surface area contributed by atoms with E-state index in [9.17, 15) is 19.2 Å². The van der Waals surface area contributed by atoms with Crippen molar-refractivity contribution in [2.45, 2.75) is 43.9 Å². The third-order valence-corrected chi connectivity index (χ3v) is 8.11. The highest BCUT2D eigenvalue weighted by atomic mass is 16.5. The molecule has 0 radical (unpaired) electrons. The SMILES string of the molecule is CN1CC(=O)N2C[C@H](N)C[C@H]2COc2ccc(cc2)C(=O)N(C)[C@H](C(=O)NCc2ccc3ccccc3c2)CCC1=O. The Hall–Kier alpha value is -4.44. The number of benzene rings is 3. The number of fused-ring (bicyclic) bond motifs is 12. The fourth-order valence-corrected chi connectivity index (χ4v) is 5.64. The molecule has 0 spiro atoms. The number of hydrogen-bond acceptors (Lipinski definition) is 6. The first kappa shape index (κ1) is 29.1. The van der Waals surface area contributed by atoms with Crippen molar-refractivity contribution in [1.82, 2.24) is 20.0 Å². The zero-order valence-corrected chi connectivity index (χ0v) is 24.0. The minimum absolute atomic E-state index is 0.0134. The molecule has 0 aromatic heterocycles. The van der Waals surface area contributed by atoms with Gasteiger partial charge in [0, 0.05) is 45.2 Å². The van der Waals surface area contributed by atoms with Crippen LogP contribution < -0.4 is 15.8 Å². The van der Waals surface area contributed by atoms with E-state index in [-0.39, 0.29) is 68.3 Å². The number of rotatable bonds is 3. The maximum Gasteiger partial charge on any atom is 0.254 e. The van der Waals surface area contributed by atoms with Crippen LogP contribution in [0, 0.1) is 0 Å². The lowest BCUT2D eigenvalue weighted by atomic mass is 10.1. The summed E-state index contributed by atoms with van der Waals surface area (Å²) in [7, 11) is 3.13. The summed E-state index contributed by atoms with van der Waals surface area (Å²) in [4.78, 5) is 57.6. The van der Waals surface area contributed by atoms with Crippen molar-refractivity contribution in [1.29, 1.82) is 0 Å².